The summed E-state index contributed by atoms with van der Waals surface area (Å²) < 4.78 is 4.82. The Hall–Kier alpha value is -0.370. The zero-order valence-corrected chi connectivity index (χ0v) is 4.31. The van der Waals surface area contributed by atoms with Gasteiger partial charge in [0.05, 0.1) is 6.61 Å². The molecule has 0 radical (unpaired) electrons. The smallest absolute Gasteiger partial charge is 0.163 e. The van der Waals surface area contributed by atoms with Crippen LogP contribution in [0.25, 0.3) is 0 Å². The van der Waals surface area contributed by atoms with Crippen LogP contribution in [-0.4, -0.2) is 19.0 Å². The molecular weight excluding hydrogens is 92.1 g/mol. The van der Waals surface area contributed by atoms with Gasteiger partial charge in [0.25, 0.3) is 0 Å². The molecule has 1 fully saturated rings. The summed E-state index contributed by atoms with van der Waals surface area (Å²) in [5.74, 6) is 0.389. The molecule has 1 aliphatic rings. The van der Waals surface area contributed by atoms with Crippen LogP contribution in [0.2, 0.25) is 0 Å². The molecule has 0 aromatic rings. The zero-order valence-electron chi connectivity index (χ0n) is 4.31. The molecule has 2 nitrogen and oxygen atoms in total. The van der Waals surface area contributed by atoms with Crippen molar-refractivity contribution in [3.8, 4) is 0 Å². The van der Waals surface area contributed by atoms with Gasteiger partial charge >= 0.3 is 0 Å². The van der Waals surface area contributed by atoms with E-state index in [-0.39, 0.29) is 11.7 Å². The lowest BCUT2D eigenvalue weighted by atomic mass is 10.1. The van der Waals surface area contributed by atoms with E-state index in [9.17, 15) is 4.79 Å². The first-order chi connectivity index (χ1) is 3.30. The highest BCUT2D eigenvalue weighted by molar-refractivity contribution is 5.83. The second-order valence-electron chi connectivity index (χ2n) is 1.88. The summed E-state index contributed by atoms with van der Waals surface area (Å²) in [5, 5.41) is 0. The van der Waals surface area contributed by atoms with Crippen molar-refractivity contribution >= 4 is 5.78 Å². The summed E-state index contributed by atoms with van der Waals surface area (Å²) in [7, 11) is 0. The summed E-state index contributed by atoms with van der Waals surface area (Å²) in [4.78, 5) is 10.4. The van der Waals surface area contributed by atoms with E-state index < -0.39 is 0 Å². The maximum atomic E-state index is 10.4. The molecule has 2 heteroatoms. The molecule has 0 N–H and O–H groups in total. The molecule has 1 aliphatic heterocycles. The Balaban J connectivity index is 2.48. The zero-order chi connectivity index (χ0) is 5.28. The molecule has 40 valence electrons. The lowest BCUT2D eigenvalue weighted by Crippen LogP contribution is -2.04. The fourth-order valence-electron chi connectivity index (χ4n) is 0.571. The highest BCUT2D eigenvalue weighted by Gasteiger charge is 2.19. The molecule has 0 bridgehead atoms. The van der Waals surface area contributed by atoms with Gasteiger partial charge in [-0.3, -0.25) is 4.79 Å². The molecule has 0 spiro atoms. The fourth-order valence-corrected chi connectivity index (χ4v) is 0.571. The number of ketones is 1. The normalized spacial score (nSPS) is 31.6. The number of hydrogen-bond acceptors (Lipinski definition) is 2. The van der Waals surface area contributed by atoms with Crippen molar-refractivity contribution in [1.82, 2.24) is 0 Å². The second-order valence-corrected chi connectivity index (χ2v) is 1.88. The summed E-state index contributed by atoms with van der Waals surface area (Å²) >= 11 is 0. The molecular formula is C5H8O2. The number of rotatable bonds is 0. The van der Waals surface area contributed by atoms with Gasteiger partial charge in [-0.25, -0.2) is 0 Å². The lowest BCUT2D eigenvalue weighted by molar-refractivity contribution is -0.120. The van der Waals surface area contributed by atoms with E-state index in [0.717, 1.165) is 0 Å². The van der Waals surface area contributed by atoms with Gasteiger partial charge in [-0.1, -0.05) is 6.92 Å². The minimum Gasteiger partial charge on any atom is -0.373 e. The number of hydrogen-bond donors (Lipinski definition) is 0. The van der Waals surface area contributed by atoms with Gasteiger partial charge in [-0.05, 0) is 0 Å². The summed E-state index contributed by atoms with van der Waals surface area (Å²) in [6.07, 6.45) is 0. The van der Waals surface area contributed by atoms with E-state index >= 15 is 0 Å². The van der Waals surface area contributed by atoms with Gasteiger partial charge in [-0.2, -0.15) is 0 Å². The predicted molar refractivity (Wildman–Crippen MR) is 25.0 cm³/mol. The molecule has 0 saturated carbocycles. The van der Waals surface area contributed by atoms with Crippen molar-refractivity contribution in [1.29, 1.82) is 0 Å². The second kappa shape index (κ2) is 1.62. The number of carbonyl (C=O) groups is 1. The van der Waals surface area contributed by atoms with Crippen molar-refractivity contribution in [2.45, 2.75) is 6.92 Å². The van der Waals surface area contributed by atoms with Crippen LogP contribution in [0.15, 0.2) is 0 Å². The van der Waals surface area contributed by atoms with Gasteiger partial charge in [0.2, 0.25) is 0 Å². The molecule has 0 aromatic heterocycles. The van der Waals surface area contributed by atoms with Crippen LogP contribution in [0, 0.1) is 5.92 Å². The molecule has 0 aromatic carbocycles. The molecule has 1 atom stereocenters. The van der Waals surface area contributed by atoms with Gasteiger partial charge in [0, 0.05) is 5.92 Å². The van der Waals surface area contributed by atoms with E-state index in [1.165, 1.54) is 0 Å². The Morgan fingerprint density at radius 3 is 2.71 bits per heavy atom. The van der Waals surface area contributed by atoms with Gasteiger partial charge in [0.1, 0.15) is 6.61 Å². The van der Waals surface area contributed by atoms with Crippen molar-refractivity contribution in [2.24, 2.45) is 5.92 Å². The Morgan fingerprint density at radius 1 is 1.86 bits per heavy atom. The van der Waals surface area contributed by atoms with Crippen molar-refractivity contribution in [2.75, 3.05) is 13.2 Å². The molecule has 1 saturated heterocycles. The largest absolute Gasteiger partial charge is 0.373 e. The third-order valence-corrected chi connectivity index (χ3v) is 1.16. The fraction of sp³-hybridized carbons (Fsp3) is 0.800. The van der Waals surface area contributed by atoms with E-state index in [1.807, 2.05) is 6.92 Å². The predicted octanol–water partition coefficient (Wildman–Crippen LogP) is 0.222. The summed E-state index contributed by atoms with van der Waals surface area (Å²) in [6.45, 7) is 2.84. The van der Waals surface area contributed by atoms with Crippen molar-refractivity contribution in [3.05, 3.63) is 0 Å². The topological polar surface area (TPSA) is 26.3 Å². The van der Waals surface area contributed by atoms with E-state index in [2.05, 4.69) is 0 Å². The molecule has 7 heavy (non-hydrogen) atoms. The quantitative estimate of drug-likeness (QED) is 0.435. The molecule has 1 heterocycles. The van der Waals surface area contributed by atoms with Gasteiger partial charge in [0.15, 0.2) is 5.78 Å². The van der Waals surface area contributed by atoms with Crippen LogP contribution in [0.4, 0.5) is 0 Å². The first-order valence-corrected chi connectivity index (χ1v) is 2.41. The Kier molecular flexibility index (Phi) is 1.11. The molecule has 1 rings (SSSR count). The maximum absolute atomic E-state index is 10.4. The SMILES string of the molecule is CC1COCC1=O. The minimum atomic E-state index is 0.153. The maximum Gasteiger partial charge on any atom is 0.163 e. The van der Waals surface area contributed by atoms with E-state index in [1.54, 1.807) is 0 Å². The van der Waals surface area contributed by atoms with E-state index in [4.69, 9.17) is 4.74 Å². The van der Waals surface area contributed by atoms with Crippen LogP contribution < -0.4 is 0 Å². The first kappa shape index (κ1) is 4.78. The van der Waals surface area contributed by atoms with Crippen LogP contribution in [0.3, 0.4) is 0 Å². The Labute approximate surface area is 42.5 Å². The van der Waals surface area contributed by atoms with Crippen molar-refractivity contribution < 1.29 is 9.53 Å². The average Bonchev–Trinajstić information content (AvgIpc) is 1.91. The van der Waals surface area contributed by atoms with E-state index in [0.29, 0.717) is 13.2 Å². The Morgan fingerprint density at radius 2 is 2.57 bits per heavy atom. The first-order valence-electron chi connectivity index (χ1n) is 2.41. The third kappa shape index (κ3) is 0.800. The molecule has 0 aliphatic carbocycles. The van der Waals surface area contributed by atoms with Crippen LogP contribution in [0.1, 0.15) is 6.92 Å². The summed E-state index contributed by atoms with van der Waals surface area (Å²) in [5.41, 5.74) is 0. The minimum absolute atomic E-state index is 0.153. The monoisotopic (exact) mass is 100 g/mol. The molecule has 1 unspecified atom stereocenters. The third-order valence-electron chi connectivity index (χ3n) is 1.16. The summed E-state index contributed by atoms with van der Waals surface area (Å²) in [6, 6.07) is 0. The van der Waals surface area contributed by atoms with Crippen LogP contribution >= 0.6 is 0 Å². The number of ether oxygens (including phenoxy) is 1. The average molecular weight is 100 g/mol. The number of Topliss-reactive ketones (excluding diaryl/α,β-unsaturated/α-hetero) is 1. The number of carbonyl (C=O) groups excluding carboxylic acids is 1. The highest BCUT2D eigenvalue weighted by atomic mass is 16.5. The van der Waals surface area contributed by atoms with Gasteiger partial charge < -0.3 is 4.74 Å². The van der Waals surface area contributed by atoms with Crippen LogP contribution in [-0.2, 0) is 9.53 Å². The van der Waals surface area contributed by atoms with Crippen molar-refractivity contribution in [3.63, 3.8) is 0 Å². The lowest BCUT2D eigenvalue weighted by Gasteiger charge is -1.88. The van der Waals surface area contributed by atoms with Gasteiger partial charge in [-0.15, -0.1) is 0 Å². The standard InChI is InChI=1S/C5H8O2/c1-4-2-7-3-5(4)6/h4H,2-3H2,1H3. The molecule has 0 amide bonds. The Bertz CT molecular complexity index is 88.1. The van der Waals surface area contributed by atoms with Crippen LogP contribution in [0.5, 0.6) is 0 Å². The highest BCUT2D eigenvalue weighted by Crippen LogP contribution is 2.05.